The number of esters is 1. The molecule has 7 nitrogen and oxygen atoms in total. The topological polar surface area (TPSA) is 90.3 Å². The number of unbranched alkanes of at least 4 members (excludes halogenated alkanes) is 1. The summed E-state index contributed by atoms with van der Waals surface area (Å²) < 4.78 is 34.3. The van der Waals surface area contributed by atoms with E-state index in [4.69, 9.17) is 21.3 Å². The Morgan fingerprint density at radius 1 is 0.843 bits per heavy atom. The van der Waals surface area contributed by atoms with Gasteiger partial charge in [-0.25, -0.2) is 18.2 Å². The Morgan fingerprint density at radius 3 is 2.18 bits per heavy atom. The number of hydrogen-bond donors (Lipinski definition) is 1. The maximum Gasteiger partial charge on any atom is 0.339 e. The Hall–Kier alpha value is -4.92. The summed E-state index contributed by atoms with van der Waals surface area (Å²) >= 11 is 5.95. The van der Waals surface area contributed by atoms with Crippen molar-refractivity contribution < 1.29 is 17.9 Å². The normalized spacial score (nSPS) is 11.9. The minimum atomic E-state index is -3.65. The number of hydrogen-bond acceptors (Lipinski definition) is 6. The van der Waals surface area contributed by atoms with Crippen molar-refractivity contribution in [2.75, 3.05) is 5.32 Å². The van der Waals surface area contributed by atoms with Crippen LogP contribution in [0.5, 0.6) is 0 Å². The largest absolute Gasteiger partial charge is 0.456 e. The van der Waals surface area contributed by atoms with Crippen molar-refractivity contribution in [2.24, 2.45) is 0 Å². The number of sulfone groups is 1. The van der Waals surface area contributed by atoms with Crippen LogP contribution in [0.4, 0.5) is 5.69 Å². The Morgan fingerprint density at radius 2 is 1.51 bits per heavy atom. The second-order valence-corrected chi connectivity index (χ2v) is 16.0. The van der Waals surface area contributed by atoms with Crippen molar-refractivity contribution in [3.8, 4) is 11.1 Å². The van der Waals surface area contributed by atoms with Crippen molar-refractivity contribution in [3.05, 3.63) is 143 Å². The van der Waals surface area contributed by atoms with E-state index in [-0.39, 0.29) is 15.8 Å². The second kappa shape index (κ2) is 15.1. The number of fused-ring (bicyclic) bond motifs is 1. The van der Waals surface area contributed by atoms with Gasteiger partial charge in [-0.3, -0.25) is 0 Å². The first-order valence-electron chi connectivity index (χ1n) is 17.2. The van der Waals surface area contributed by atoms with Crippen LogP contribution in [0.15, 0.2) is 125 Å². The highest BCUT2D eigenvalue weighted by molar-refractivity contribution is 7.91. The van der Waals surface area contributed by atoms with Crippen LogP contribution in [0, 0.1) is 0 Å². The van der Waals surface area contributed by atoms with Crippen LogP contribution in [0.3, 0.4) is 0 Å². The number of nitrogens with zero attached hydrogens (tertiary/aromatic N) is 2. The third-order valence-electron chi connectivity index (χ3n) is 8.56. The number of rotatable bonds is 12. The van der Waals surface area contributed by atoms with Crippen LogP contribution in [-0.4, -0.2) is 29.5 Å². The smallest absolute Gasteiger partial charge is 0.339 e. The zero-order valence-corrected chi connectivity index (χ0v) is 30.9. The van der Waals surface area contributed by atoms with E-state index in [1.165, 1.54) is 12.1 Å². The minimum Gasteiger partial charge on any atom is -0.456 e. The first-order valence-corrected chi connectivity index (χ1v) is 19.0. The van der Waals surface area contributed by atoms with E-state index >= 15 is 0 Å². The number of carbonyl (C=O) groups is 1. The number of aromatic nitrogens is 2. The van der Waals surface area contributed by atoms with Crippen molar-refractivity contribution in [1.29, 1.82) is 0 Å². The summed E-state index contributed by atoms with van der Waals surface area (Å²) in [6, 6.07) is 35.2. The second-order valence-electron chi connectivity index (χ2n) is 13.6. The molecule has 0 fully saturated rings. The number of imidazole rings is 1. The van der Waals surface area contributed by atoms with E-state index in [1.54, 1.807) is 24.3 Å². The highest BCUT2D eigenvalue weighted by Gasteiger charge is 2.22. The minimum absolute atomic E-state index is 0.203. The number of carbonyl (C=O) groups excluding carboxylic acids is 1. The van der Waals surface area contributed by atoms with Crippen molar-refractivity contribution in [1.82, 2.24) is 9.55 Å². The summed E-state index contributed by atoms with van der Waals surface area (Å²) in [5.74, 6) is 0.638. The van der Waals surface area contributed by atoms with E-state index < -0.39 is 15.4 Å². The number of halogens is 1. The quantitative estimate of drug-likeness (QED) is 0.127. The van der Waals surface area contributed by atoms with Crippen molar-refractivity contribution in [3.63, 3.8) is 0 Å². The Kier molecular flexibility index (Phi) is 10.6. The lowest BCUT2D eigenvalue weighted by molar-refractivity contribution is 0.00702. The average molecular weight is 720 g/mol. The molecule has 1 aromatic heterocycles. The molecule has 0 aliphatic carbocycles. The molecule has 0 aliphatic heterocycles. The van der Waals surface area contributed by atoms with Gasteiger partial charge in [0.05, 0.1) is 26.4 Å². The molecule has 9 heteroatoms. The standard InChI is InChI=1S/C42H42ClN3O4S/c1-5-6-12-40-45-38-24-18-33(44-27-29-13-19-34(20-14-29)51(48,49)35-21-16-32(43)17-22-35)26-39(38)46(40)28-30-15-23-36(31-10-8-7-9-11-31)37(25-30)41(47)50-42(2,3)4/h7-11,13-26,44H,5-6,12,27-28H2,1-4H3. The van der Waals surface area contributed by atoms with Gasteiger partial charge in [0.15, 0.2) is 0 Å². The molecular formula is C42H42ClN3O4S. The molecule has 0 amide bonds. The summed E-state index contributed by atoms with van der Waals surface area (Å²) in [5.41, 5.74) is 6.40. The van der Waals surface area contributed by atoms with Crippen LogP contribution < -0.4 is 5.32 Å². The molecule has 0 saturated carbocycles. The maximum absolute atomic E-state index is 13.5. The fraction of sp³-hybridized carbons (Fsp3) is 0.238. The summed E-state index contributed by atoms with van der Waals surface area (Å²) in [6.45, 7) is 8.84. The molecule has 0 bridgehead atoms. The number of aryl methyl sites for hydroxylation is 1. The van der Waals surface area contributed by atoms with E-state index in [0.717, 1.165) is 64.1 Å². The molecular weight excluding hydrogens is 678 g/mol. The number of nitrogens with one attached hydrogen (secondary N) is 1. The van der Waals surface area contributed by atoms with Gasteiger partial charge >= 0.3 is 5.97 Å². The molecule has 1 heterocycles. The lowest BCUT2D eigenvalue weighted by Gasteiger charge is -2.21. The summed E-state index contributed by atoms with van der Waals surface area (Å²) in [5, 5.41) is 3.98. The van der Waals surface area contributed by atoms with Crippen molar-refractivity contribution >= 4 is 44.1 Å². The predicted molar refractivity (Wildman–Crippen MR) is 205 cm³/mol. The highest BCUT2D eigenvalue weighted by Crippen LogP contribution is 2.30. The highest BCUT2D eigenvalue weighted by atomic mass is 35.5. The van der Waals surface area contributed by atoms with Gasteiger partial charge in [-0.2, -0.15) is 0 Å². The maximum atomic E-state index is 13.5. The molecule has 0 radical (unpaired) electrons. The zero-order chi connectivity index (χ0) is 36.2. The van der Waals surface area contributed by atoms with Crippen LogP contribution in [0.25, 0.3) is 22.2 Å². The van der Waals surface area contributed by atoms with Gasteiger partial charge in [-0.1, -0.05) is 79.5 Å². The van der Waals surface area contributed by atoms with Crippen LogP contribution in [0.2, 0.25) is 5.02 Å². The van der Waals surface area contributed by atoms with E-state index in [9.17, 15) is 13.2 Å². The molecule has 0 atom stereocenters. The molecule has 6 rings (SSSR count). The van der Waals surface area contributed by atoms with E-state index in [0.29, 0.717) is 23.7 Å². The monoisotopic (exact) mass is 719 g/mol. The average Bonchev–Trinajstić information content (AvgIpc) is 3.45. The number of anilines is 1. The third kappa shape index (κ3) is 8.52. The SMILES string of the molecule is CCCCc1nc2ccc(NCc3ccc(S(=O)(=O)c4ccc(Cl)cc4)cc3)cc2n1Cc1ccc(-c2ccccc2)c(C(=O)OC(C)(C)C)c1. The number of benzene rings is 5. The lowest BCUT2D eigenvalue weighted by Crippen LogP contribution is -2.24. The fourth-order valence-corrected chi connectivity index (χ4v) is 7.36. The molecule has 0 saturated heterocycles. The van der Waals surface area contributed by atoms with Gasteiger partial charge in [0, 0.05) is 30.2 Å². The summed E-state index contributed by atoms with van der Waals surface area (Å²) in [6.07, 6.45) is 2.89. The molecule has 0 unspecified atom stereocenters. The van der Waals surface area contributed by atoms with Crippen molar-refractivity contribution in [2.45, 2.75) is 75.4 Å². The predicted octanol–water partition coefficient (Wildman–Crippen LogP) is 10.1. The van der Waals surface area contributed by atoms with Crippen LogP contribution in [-0.2, 0) is 34.1 Å². The van der Waals surface area contributed by atoms with Gasteiger partial charge in [0.1, 0.15) is 11.4 Å². The van der Waals surface area contributed by atoms with Gasteiger partial charge in [0.2, 0.25) is 9.84 Å². The molecule has 5 aromatic carbocycles. The first kappa shape index (κ1) is 35.9. The molecule has 0 aliphatic rings. The Balaban J connectivity index is 1.27. The van der Waals surface area contributed by atoms with E-state index in [2.05, 4.69) is 28.9 Å². The molecule has 51 heavy (non-hydrogen) atoms. The number of ether oxygens (including phenoxy) is 1. The molecule has 1 N–H and O–H groups in total. The molecule has 262 valence electrons. The van der Waals surface area contributed by atoms with E-state index in [1.807, 2.05) is 87.5 Å². The molecule has 0 spiro atoms. The molecule has 6 aromatic rings. The third-order valence-corrected chi connectivity index (χ3v) is 10.6. The summed E-state index contributed by atoms with van der Waals surface area (Å²) in [4.78, 5) is 19.0. The van der Waals surface area contributed by atoms with Gasteiger partial charge < -0.3 is 14.6 Å². The summed E-state index contributed by atoms with van der Waals surface area (Å²) in [7, 11) is -3.65. The zero-order valence-electron chi connectivity index (χ0n) is 29.3. The van der Waals surface area contributed by atoms with Gasteiger partial charge in [0.25, 0.3) is 0 Å². The first-order chi connectivity index (χ1) is 24.4. The van der Waals surface area contributed by atoms with Crippen LogP contribution >= 0.6 is 11.6 Å². The van der Waals surface area contributed by atoms with Gasteiger partial charge in [-0.05, 0) is 110 Å². The Bertz CT molecular complexity index is 2260. The Labute approximate surface area is 305 Å². The van der Waals surface area contributed by atoms with Crippen LogP contribution in [0.1, 0.15) is 67.8 Å². The fourth-order valence-electron chi connectivity index (χ4n) is 5.97. The van der Waals surface area contributed by atoms with Gasteiger partial charge in [-0.15, -0.1) is 0 Å². The lowest BCUT2D eigenvalue weighted by atomic mass is 9.97.